The fraction of sp³-hybridized carbons (Fsp3) is 0.533. The van der Waals surface area contributed by atoms with Crippen molar-refractivity contribution in [1.29, 1.82) is 0 Å². The third-order valence-electron chi connectivity index (χ3n) is 2.85. The van der Waals surface area contributed by atoms with Crippen LogP contribution in [0, 0.1) is 0 Å². The summed E-state index contributed by atoms with van der Waals surface area (Å²) in [4.78, 5) is 12.2. The molecule has 0 bridgehead atoms. The van der Waals surface area contributed by atoms with E-state index in [0.29, 0.717) is 13.0 Å². The van der Waals surface area contributed by atoms with E-state index in [1.807, 2.05) is 24.3 Å². The van der Waals surface area contributed by atoms with Crippen LogP contribution >= 0.6 is 11.8 Å². The lowest BCUT2D eigenvalue weighted by atomic mass is 10.1. The van der Waals surface area contributed by atoms with E-state index in [0.717, 1.165) is 18.6 Å². The zero-order valence-corrected chi connectivity index (χ0v) is 12.7. The van der Waals surface area contributed by atoms with Crippen LogP contribution in [-0.2, 0) is 9.53 Å². The minimum absolute atomic E-state index is 0.0139. The molecule has 1 aromatic rings. The summed E-state index contributed by atoms with van der Waals surface area (Å²) in [6, 6.07) is 8.06. The average Bonchev–Trinajstić information content (AvgIpc) is 2.42. The number of benzene rings is 1. The van der Waals surface area contributed by atoms with E-state index in [1.165, 1.54) is 4.90 Å². The lowest BCUT2D eigenvalue weighted by Gasteiger charge is -2.13. The van der Waals surface area contributed by atoms with Gasteiger partial charge in [0.2, 0.25) is 0 Å². The highest BCUT2D eigenvalue weighted by Gasteiger charge is 2.09. The summed E-state index contributed by atoms with van der Waals surface area (Å²) < 4.78 is 10.9. The Morgan fingerprint density at radius 3 is 2.53 bits per heavy atom. The zero-order chi connectivity index (χ0) is 14.1. The van der Waals surface area contributed by atoms with Crippen molar-refractivity contribution in [3.8, 4) is 5.75 Å². The smallest absolute Gasteiger partial charge is 0.132 e. The Bertz CT molecular complexity index is 375. The van der Waals surface area contributed by atoms with Gasteiger partial charge < -0.3 is 9.47 Å². The minimum Gasteiger partial charge on any atom is -0.494 e. The van der Waals surface area contributed by atoms with Crippen molar-refractivity contribution >= 4 is 17.5 Å². The Hall–Kier alpha value is -1.00. The molecule has 0 amide bonds. The summed E-state index contributed by atoms with van der Waals surface area (Å²) in [6.07, 6.45) is 4.28. The Labute approximate surface area is 119 Å². The largest absolute Gasteiger partial charge is 0.494 e. The number of hydrogen-bond acceptors (Lipinski definition) is 4. The maximum atomic E-state index is 11.0. The van der Waals surface area contributed by atoms with E-state index < -0.39 is 0 Å². The van der Waals surface area contributed by atoms with Gasteiger partial charge >= 0.3 is 0 Å². The number of methoxy groups -OCH3 is 1. The van der Waals surface area contributed by atoms with Gasteiger partial charge in [-0.2, -0.15) is 0 Å². The number of carbonyl (C=O) groups is 1. The molecule has 0 N–H and O–H groups in total. The van der Waals surface area contributed by atoms with Gasteiger partial charge in [-0.15, -0.1) is 11.8 Å². The maximum absolute atomic E-state index is 11.0. The van der Waals surface area contributed by atoms with Crippen LogP contribution in [0.5, 0.6) is 5.75 Å². The summed E-state index contributed by atoms with van der Waals surface area (Å²) in [7, 11) is 1.65. The Balaban J connectivity index is 2.23. The molecule has 0 saturated carbocycles. The molecule has 1 unspecified atom stereocenters. The molecule has 0 radical (unpaired) electrons. The first kappa shape index (κ1) is 16.1. The molecular formula is C15H22O3S. The number of ketones is 1. The molecule has 3 nitrogen and oxygen atoms in total. The molecule has 0 aliphatic rings. The Morgan fingerprint density at radius 1 is 1.32 bits per heavy atom. The van der Waals surface area contributed by atoms with Gasteiger partial charge in [0.05, 0.1) is 12.7 Å². The van der Waals surface area contributed by atoms with Crippen molar-refractivity contribution in [3.63, 3.8) is 0 Å². The summed E-state index contributed by atoms with van der Waals surface area (Å²) in [5.41, 5.74) is 0. The number of thioether (sulfide) groups is 1. The molecule has 106 valence electrons. The number of hydrogen-bond donors (Lipinski definition) is 0. The van der Waals surface area contributed by atoms with E-state index >= 15 is 0 Å². The fourth-order valence-corrected chi connectivity index (χ4v) is 2.21. The van der Waals surface area contributed by atoms with Crippen LogP contribution in [0.2, 0.25) is 0 Å². The second-order valence-electron chi connectivity index (χ2n) is 4.43. The van der Waals surface area contributed by atoms with Gasteiger partial charge in [0, 0.05) is 18.4 Å². The molecule has 19 heavy (non-hydrogen) atoms. The fourth-order valence-electron chi connectivity index (χ4n) is 1.80. The van der Waals surface area contributed by atoms with Gasteiger partial charge in [-0.1, -0.05) is 0 Å². The molecule has 0 aromatic heterocycles. The van der Waals surface area contributed by atoms with Gasteiger partial charge in [-0.25, -0.2) is 0 Å². The number of ether oxygens (including phenoxy) is 2. The van der Waals surface area contributed by atoms with Gasteiger partial charge in [0.25, 0.3) is 0 Å². The molecule has 1 aromatic carbocycles. The number of carbonyl (C=O) groups excluding carboxylic acids is 1. The van der Waals surface area contributed by atoms with E-state index in [-0.39, 0.29) is 11.9 Å². The van der Waals surface area contributed by atoms with E-state index in [2.05, 4.69) is 6.26 Å². The van der Waals surface area contributed by atoms with Crippen LogP contribution in [0.25, 0.3) is 0 Å². The molecule has 1 rings (SSSR count). The molecule has 0 spiro atoms. The van der Waals surface area contributed by atoms with E-state index in [9.17, 15) is 4.79 Å². The minimum atomic E-state index is 0.0139. The van der Waals surface area contributed by atoms with Crippen LogP contribution in [0.3, 0.4) is 0 Å². The Kier molecular flexibility index (Phi) is 7.60. The second kappa shape index (κ2) is 8.99. The molecule has 0 fully saturated rings. The monoisotopic (exact) mass is 282 g/mol. The van der Waals surface area contributed by atoms with Crippen LogP contribution < -0.4 is 4.74 Å². The van der Waals surface area contributed by atoms with E-state index in [4.69, 9.17) is 9.47 Å². The normalized spacial score (nSPS) is 12.2. The highest BCUT2D eigenvalue weighted by molar-refractivity contribution is 7.98. The van der Waals surface area contributed by atoms with Gasteiger partial charge in [0.15, 0.2) is 0 Å². The molecule has 0 saturated heterocycles. The topological polar surface area (TPSA) is 35.5 Å². The zero-order valence-electron chi connectivity index (χ0n) is 11.8. The van der Waals surface area contributed by atoms with Crippen molar-refractivity contribution in [1.82, 2.24) is 0 Å². The molecule has 0 heterocycles. The number of rotatable bonds is 9. The van der Waals surface area contributed by atoms with Gasteiger partial charge in [0.1, 0.15) is 11.5 Å². The summed E-state index contributed by atoms with van der Waals surface area (Å²) in [6.45, 7) is 2.24. The predicted octanol–water partition coefficient (Wildman–Crippen LogP) is 3.56. The first-order chi connectivity index (χ1) is 9.15. The van der Waals surface area contributed by atoms with Crippen molar-refractivity contribution in [2.75, 3.05) is 20.0 Å². The van der Waals surface area contributed by atoms with Crippen LogP contribution in [0.4, 0.5) is 0 Å². The lowest BCUT2D eigenvalue weighted by molar-refractivity contribution is -0.119. The lowest BCUT2D eigenvalue weighted by Crippen LogP contribution is -2.15. The first-order valence-electron chi connectivity index (χ1n) is 6.44. The molecular weight excluding hydrogens is 260 g/mol. The molecule has 0 aliphatic carbocycles. The SMILES string of the molecule is COC(CCCOc1ccc(SC)cc1)CC(C)=O. The third-order valence-corrected chi connectivity index (χ3v) is 3.59. The highest BCUT2D eigenvalue weighted by atomic mass is 32.2. The summed E-state index contributed by atoms with van der Waals surface area (Å²) >= 11 is 1.71. The first-order valence-corrected chi connectivity index (χ1v) is 7.67. The standard InChI is InChI=1S/C15H22O3S/c1-12(16)11-14(17-2)5-4-10-18-13-6-8-15(19-3)9-7-13/h6-9,14H,4-5,10-11H2,1-3H3. The molecule has 4 heteroatoms. The molecule has 1 atom stereocenters. The van der Waals surface area contributed by atoms with Gasteiger partial charge in [-0.3, -0.25) is 4.79 Å². The van der Waals surface area contributed by atoms with Crippen molar-refractivity contribution in [3.05, 3.63) is 24.3 Å². The van der Waals surface area contributed by atoms with Crippen molar-refractivity contribution < 1.29 is 14.3 Å². The van der Waals surface area contributed by atoms with Gasteiger partial charge in [-0.05, 0) is 50.3 Å². The van der Waals surface area contributed by atoms with Crippen LogP contribution in [0.1, 0.15) is 26.2 Å². The second-order valence-corrected chi connectivity index (χ2v) is 5.31. The predicted molar refractivity (Wildman–Crippen MR) is 79.0 cm³/mol. The van der Waals surface area contributed by atoms with Crippen molar-refractivity contribution in [2.24, 2.45) is 0 Å². The number of Topliss-reactive ketones (excluding diaryl/α,β-unsaturated/α-hetero) is 1. The third kappa shape index (κ3) is 6.64. The van der Waals surface area contributed by atoms with E-state index in [1.54, 1.807) is 25.8 Å². The highest BCUT2D eigenvalue weighted by Crippen LogP contribution is 2.19. The van der Waals surface area contributed by atoms with Crippen molar-refractivity contribution in [2.45, 2.75) is 37.2 Å². The quantitative estimate of drug-likeness (QED) is 0.512. The molecule has 0 aliphatic heterocycles. The average molecular weight is 282 g/mol. The van der Waals surface area contributed by atoms with Crippen LogP contribution in [-0.4, -0.2) is 31.9 Å². The Morgan fingerprint density at radius 2 is 2.00 bits per heavy atom. The summed E-state index contributed by atoms with van der Waals surface area (Å²) in [5.74, 6) is 1.05. The van der Waals surface area contributed by atoms with Crippen LogP contribution in [0.15, 0.2) is 29.2 Å². The summed E-state index contributed by atoms with van der Waals surface area (Å²) in [5, 5.41) is 0. The maximum Gasteiger partial charge on any atom is 0.132 e.